The minimum absolute atomic E-state index is 0.0288. The topological polar surface area (TPSA) is 87.2 Å². The zero-order chi connectivity index (χ0) is 19.8. The lowest BCUT2D eigenvalue weighted by Gasteiger charge is -2.18. The first-order chi connectivity index (χ1) is 12.6. The van der Waals surface area contributed by atoms with E-state index in [1.54, 1.807) is 18.2 Å². The van der Waals surface area contributed by atoms with Gasteiger partial charge >= 0.3 is 6.18 Å². The molecule has 0 aliphatic carbocycles. The molecule has 10 heteroatoms. The fourth-order valence-corrected chi connectivity index (χ4v) is 3.41. The Balaban J connectivity index is 2.39. The van der Waals surface area contributed by atoms with Crippen LogP contribution in [0.15, 0.2) is 59.8 Å². The smallest absolute Gasteiger partial charge is 0.418 e. The Morgan fingerprint density at radius 1 is 1.11 bits per heavy atom. The molecule has 0 unspecified atom stereocenters. The minimum atomic E-state index is -4.84. The molecule has 0 saturated heterocycles. The van der Waals surface area contributed by atoms with E-state index in [1.807, 2.05) is 0 Å². The lowest BCUT2D eigenvalue weighted by Crippen LogP contribution is -2.20. The quantitative estimate of drug-likeness (QED) is 0.732. The van der Waals surface area contributed by atoms with Gasteiger partial charge in [0.1, 0.15) is 10.6 Å². The standard InChI is InChI=1S/C17H14F3N3O3S/c1-26-13-5-2-4-11(8-13)12-9-14(17(18,19)20)16(23-7-3-6-22-23)15(10-12)27(21,24)25/h2-10H,1H3,(H2,21,24,25). The van der Waals surface area contributed by atoms with Crippen molar-refractivity contribution in [1.82, 2.24) is 9.78 Å². The molecule has 0 aliphatic rings. The molecule has 6 nitrogen and oxygen atoms in total. The third-order valence-corrected chi connectivity index (χ3v) is 4.75. The van der Waals surface area contributed by atoms with Crippen molar-refractivity contribution in [2.75, 3.05) is 7.11 Å². The number of aromatic nitrogens is 2. The first-order valence-corrected chi connectivity index (χ1v) is 9.08. The van der Waals surface area contributed by atoms with E-state index in [4.69, 9.17) is 9.88 Å². The maximum Gasteiger partial charge on any atom is 0.418 e. The van der Waals surface area contributed by atoms with E-state index in [1.165, 1.54) is 31.6 Å². The van der Waals surface area contributed by atoms with Gasteiger partial charge in [-0.3, -0.25) is 0 Å². The van der Waals surface area contributed by atoms with Crippen LogP contribution in [0.25, 0.3) is 16.8 Å². The van der Waals surface area contributed by atoms with Crippen LogP contribution in [0.5, 0.6) is 5.75 Å². The number of ether oxygens (including phenoxy) is 1. The first-order valence-electron chi connectivity index (χ1n) is 7.54. The van der Waals surface area contributed by atoms with E-state index < -0.39 is 32.3 Å². The van der Waals surface area contributed by atoms with E-state index in [9.17, 15) is 21.6 Å². The van der Waals surface area contributed by atoms with Crippen LogP contribution in [0.1, 0.15) is 5.56 Å². The van der Waals surface area contributed by atoms with Crippen molar-refractivity contribution in [1.29, 1.82) is 0 Å². The third kappa shape index (κ3) is 3.81. The molecule has 0 bridgehead atoms. The first kappa shape index (κ1) is 18.9. The van der Waals surface area contributed by atoms with Crippen molar-refractivity contribution in [3.63, 3.8) is 0 Å². The number of alkyl halides is 3. The summed E-state index contributed by atoms with van der Waals surface area (Å²) in [4.78, 5) is -0.682. The summed E-state index contributed by atoms with van der Waals surface area (Å²) < 4.78 is 71.3. The van der Waals surface area contributed by atoms with Crippen molar-refractivity contribution in [3.05, 3.63) is 60.4 Å². The predicted molar refractivity (Wildman–Crippen MR) is 91.9 cm³/mol. The second-order valence-corrected chi connectivity index (χ2v) is 7.13. The van der Waals surface area contributed by atoms with Crippen LogP contribution in [0.4, 0.5) is 13.2 Å². The molecule has 3 rings (SSSR count). The lowest BCUT2D eigenvalue weighted by atomic mass is 10.0. The van der Waals surface area contributed by atoms with E-state index in [0.29, 0.717) is 11.3 Å². The SMILES string of the molecule is COc1cccc(-c2cc(C(F)(F)F)c(-n3cccn3)c(S(N)(=O)=O)c2)c1. The Hall–Kier alpha value is -2.85. The predicted octanol–water partition coefficient (Wildman–Crippen LogP) is 3.21. The van der Waals surface area contributed by atoms with Gasteiger partial charge in [-0.05, 0) is 41.5 Å². The largest absolute Gasteiger partial charge is 0.497 e. The van der Waals surface area contributed by atoms with Gasteiger partial charge in [-0.1, -0.05) is 12.1 Å². The maximum atomic E-state index is 13.7. The van der Waals surface area contributed by atoms with Crippen molar-refractivity contribution < 1.29 is 26.3 Å². The van der Waals surface area contributed by atoms with Crippen LogP contribution in [-0.2, 0) is 16.2 Å². The van der Waals surface area contributed by atoms with Crippen LogP contribution in [-0.4, -0.2) is 25.3 Å². The average Bonchev–Trinajstić information content (AvgIpc) is 3.13. The van der Waals surface area contributed by atoms with E-state index in [0.717, 1.165) is 16.8 Å². The van der Waals surface area contributed by atoms with Gasteiger partial charge in [0.2, 0.25) is 10.0 Å². The third-order valence-electron chi connectivity index (χ3n) is 3.82. The second kappa shape index (κ2) is 6.71. The van der Waals surface area contributed by atoms with Gasteiger partial charge < -0.3 is 4.74 Å². The highest BCUT2D eigenvalue weighted by molar-refractivity contribution is 7.89. The molecule has 2 aromatic carbocycles. The summed E-state index contributed by atoms with van der Waals surface area (Å²) in [7, 11) is -3.07. The van der Waals surface area contributed by atoms with Crippen molar-refractivity contribution >= 4 is 10.0 Å². The highest BCUT2D eigenvalue weighted by atomic mass is 32.2. The Labute approximate surface area is 153 Å². The fourth-order valence-electron chi connectivity index (χ4n) is 2.65. The Morgan fingerprint density at radius 3 is 2.41 bits per heavy atom. The molecule has 0 aliphatic heterocycles. The Bertz CT molecular complexity index is 1080. The summed E-state index contributed by atoms with van der Waals surface area (Å²) in [6.07, 6.45) is -2.39. The number of rotatable bonds is 4. The summed E-state index contributed by atoms with van der Waals surface area (Å²) in [5.74, 6) is 0.411. The highest BCUT2D eigenvalue weighted by Crippen LogP contribution is 2.40. The summed E-state index contributed by atoms with van der Waals surface area (Å²) in [6.45, 7) is 0. The van der Waals surface area contributed by atoms with Crippen LogP contribution < -0.4 is 9.88 Å². The molecule has 1 heterocycles. The van der Waals surface area contributed by atoms with Crippen LogP contribution in [0.2, 0.25) is 0 Å². The van der Waals surface area contributed by atoms with Crippen LogP contribution in [0, 0.1) is 0 Å². The number of methoxy groups -OCH3 is 1. The van der Waals surface area contributed by atoms with Crippen LogP contribution in [0.3, 0.4) is 0 Å². The molecule has 142 valence electrons. The average molecular weight is 397 g/mol. The van der Waals surface area contributed by atoms with Gasteiger partial charge in [0.25, 0.3) is 0 Å². The normalized spacial score (nSPS) is 12.2. The maximum absolute atomic E-state index is 13.7. The van der Waals surface area contributed by atoms with E-state index in [2.05, 4.69) is 5.10 Å². The lowest BCUT2D eigenvalue weighted by molar-refractivity contribution is -0.137. The van der Waals surface area contributed by atoms with Crippen LogP contribution >= 0.6 is 0 Å². The monoisotopic (exact) mass is 397 g/mol. The highest BCUT2D eigenvalue weighted by Gasteiger charge is 2.38. The number of halogens is 3. The summed E-state index contributed by atoms with van der Waals surface area (Å²) in [5.41, 5.74) is -1.45. The fraction of sp³-hybridized carbons (Fsp3) is 0.118. The zero-order valence-electron chi connectivity index (χ0n) is 13.9. The Morgan fingerprint density at radius 2 is 1.85 bits per heavy atom. The minimum Gasteiger partial charge on any atom is -0.497 e. The molecular weight excluding hydrogens is 383 g/mol. The summed E-state index contributed by atoms with van der Waals surface area (Å²) in [6, 6.07) is 9.57. The molecule has 0 radical (unpaired) electrons. The number of nitrogens with zero attached hydrogens (tertiary/aromatic N) is 2. The molecule has 2 N–H and O–H groups in total. The molecule has 3 aromatic rings. The van der Waals surface area contributed by atoms with Gasteiger partial charge in [-0.25, -0.2) is 18.2 Å². The molecule has 0 spiro atoms. The van der Waals surface area contributed by atoms with Gasteiger partial charge in [0.15, 0.2) is 0 Å². The molecular formula is C17H14F3N3O3S. The summed E-state index contributed by atoms with van der Waals surface area (Å²) >= 11 is 0. The number of sulfonamides is 1. The number of hydrogen-bond donors (Lipinski definition) is 1. The molecule has 0 fully saturated rings. The number of primary sulfonamides is 1. The van der Waals surface area contributed by atoms with Gasteiger partial charge in [-0.2, -0.15) is 18.3 Å². The Kier molecular flexibility index (Phi) is 4.70. The number of nitrogens with two attached hydrogens (primary N) is 1. The van der Waals surface area contributed by atoms with Gasteiger partial charge in [0, 0.05) is 12.4 Å². The molecule has 0 saturated carbocycles. The molecule has 0 amide bonds. The van der Waals surface area contributed by atoms with Crippen molar-refractivity contribution in [2.24, 2.45) is 5.14 Å². The van der Waals surface area contributed by atoms with Gasteiger partial charge in [-0.15, -0.1) is 0 Å². The molecule has 1 aromatic heterocycles. The summed E-state index contributed by atoms with van der Waals surface area (Å²) in [5, 5.41) is 8.96. The van der Waals surface area contributed by atoms with Gasteiger partial charge in [0.05, 0.1) is 18.4 Å². The zero-order valence-corrected chi connectivity index (χ0v) is 14.8. The number of hydrogen-bond acceptors (Lipinski definition) is 4. The molecule has 0 atom stereocenters. The van der Waals surface area contributed by atoms with Crippen molar-refractivity contribution in [3.8, 4) is 22.6 Å². The second-order valence-electron chi connectivity index (χ2n) is 5.60. The molecule has 27 heavy (non-hydrogen) atoms. The van der Waals surface area contributed by atoms with E-state index >= 15 is 0 Å². The number of benzene rings is 2. The van der Waals surface area contributed by atoms with E-state index in [-0.39, 0.29) is 5.56 Å². The van der Waals surface area contributed by atoms with Crippen molar-refractivity contribution in [2.45, 2.75) is 11.1 Å².